The van der Waals surface area contributed by atoms with E-state index in [1.165, 1.54) is 18.5 Å². The van der Waals surface area contributed by atoms with Crippen LogP contribution in [0.4, 0.5) is 19.0 Å². The average Bonchev–Trinajstić information content (AvgIpc) is 2.55. The summed E-state index contributed by atoms with van der Waals surface area (Å²) in [5.74, 6) is -0.430. The highest BCUT2D eigenvalue weighted by molar-refractivity contribution is 9.10. The lowest BCUT2D eigenvalue weighted by molar-refractivity contribution is 0.146. The van der Waals surface area contributed by atoms with Gasteiger partial charge >= 0.3 is 0 Å². The van der Waals surface area contributed by atoms with Gasteiger partial charge in [0.1, 0.15) is 22.6 Å². The van der Waals surface area contributed by atoms with E-state index in [-0.39, 0.29) is 5.56 Å². The molecule has 8 heteroatoms. The number of nitrogens with zero attached hydrogens (tertiary/aromatic N) is 3. The molecule has 25 heavy (non-hydrogen) atoms. The molecule has 0 aliphatic carbocycles. The number of fused-ring (bicyclic) bond motifs is 1. The van der Waals surface area contributed by atoms with Crippen molar-refractivity contribution < 1.29 is 13.2 Å². The third-order valence-corrected chi connectivity index (χ3v) is 4.28. The Morgan fingerprint density at radius 3 is 2.60 bits per heavy atom. The van der Waals surface area contributed by atoms with E-state index >= 15 is 0 Å². The van der Waals surface area contributed by atoms with E-state index in [2.05, 4.69) is 36.2 Å². The lowest BCUT2D eigenvalue weighted by atomic mass is 10.0. The summed E-state index contributed by atoms with van der Waals surface area (Å²) in [5, 5.41) is 3.79. The van der Waals surface area contributed by atoms with Crippen LogP contribution in [-0.4, -0.2) is 15.0 Å². The normalized spacial score (nSPS) is 12.6. The van der Waals surface area contributed by atoms with Gasteiger partial charge in [-0.15, -0.1) is 0 Å². The Kier molecular flexibility index (Phi) is 4.89. The van der Waals surface area contributed by atoms with Gasteiger partial charge in [0, 0.05) is 10.9 Å². The van der Waals surface area contributed by atoms with Gasteiger partial charge in [-0.2, -0.15) is 0 Å². The van der Waals surface area contributed by atoms with E-state index in [0.717, 1.165) is 6.07 Å². The second-order valence-corrected chi connectivity index (χ2v) is 6.38. The van der Waals surface area contributed by atoms with Gasteiger partial charge in [0.2, 0.25) is 0 Å². The Labute approximate surface area is 150 Å². The molecule has 0 saturated heterocycles. The molecule has 2 aromatic heterocycles. The summed E-state index contributed by atoms with van der Waals surface area (Å²) in [4.78, 5) is 12.7. The quantitative estimate of drug-likeness (QED) is 0.589. The Morgan fingerprint density at radius 2 is 1.88 bits per heavy atom. The fourth-order valence-corrected chi connectivity index (χ4v) is 3.15. The van der Waals surface area contributed by atoms with E-state index in [0.29, 0.717) is 27.0 Å². The van der Waals surface area contributed by atoms with Crippen LogP contribution in [0, 0.1) is 12.7 Å². The van der Waals surface area contributed by atoms with Gasteiger partial charge in [0.25, 0.3) is 6.43 Å². The minimum absolute atomic E-state index is 0.148. The smallest absolute Gasteiger partial charge is 0.266 e. The van der Waals surface area contributed by atoms with Crippen LogP contribution >= 0.6 is 15.9 Å². The van der Waals surface area contributed by atoms with Gasteiger partial charge in [-0.05, 0) is 35.8 Å². The maximum atomic E-state index is 14.3. The van der Waals surface area contributed by atoms with Gasteiger partial charge < -0.3 is 5.32 Å². The van der Waals surface area contributed by atoms with Crippen LogP contribution in [0.3, 0.4) is 0 Å². The molecule has 130 valence electrons. The summed E-state index contributed by atoms with van der Waals surface area (Å²) in [5.41, 5.74) is 0.916. The maximum absolute atomic E-state index is 14.3. The molecule has 0 spiro atoms. The first-order valence-corrected chi connectivity index (χ1v) is 8.28. The van der Waals surface area contributed by atoms with Crippen LogP contribution in [0.15, 0.2) is 35.2 Å². The number of benzene rings is 1. The molecular formula is C17H14BrF3N4. The van der Waals surface area contributed by atoms with Gasteiger partial charge in [-0.25, -0.2) is 28.1 Å². The fraction of sp³-hybridized carbons (Fsp3) is 0.235. The lowest BCUT2D eigenvalue weighted by Gasteiger charge is -2.18. The van der Waals surface area contributed by atoms with E-state index in [9.17, 15) is 13.2 Å². The topological polar surface area (TPSA) is 50.7 Å². The molecule has 0 aliphatic rings. The first-order chi connectivity index (χ1) is 11.9. The number of rotatable bonds is 4. The van der Waals surface area contributed by atoms with E-state index in [1.807, 2.05) is 6.92 Å². The molecule has 1 atom stereocenters. The zero-order valence-electron chi connectivity index (χ0n) is 13.4. The number of pyridine rings is 1. The molecular weight excluding hydrogens is 397 g/mol. The van der Waals surface area contributed by atoms with Crippen LogP contribution in [0.2, 0.25) is 0 Å². The summed E-state index contributed by atoms with van der Waals surface area (Å²) in [6.45, 7) is 3.50. The highest BCUT2D eigenvalue weighted by atomic mass is 79.9. The SMILES string of the molecule is Cc1nc(Br)cc2c(N[C@H](C)c3cccc(C(F)F)c3F)ncnc12. The minimum atomic E-state index is -2.86. The molecule has 2 heterocycles. The summed E-state index contributed by atoms with van der Waals surface area (Å²) in [6.07, 6.45) is -1.48. The van der Waals surface area contributed by atoms with Crippen LogP contribution < -0.4 is 5.32 Å². The predicted molar refractivity (Wildman–Crippen MR) is 93.2 cm³/mol. The molecule has 0 fully saturated rings. The van der Waals surface area contributed by atoms with Crippen molar-refractivity contribution >= 4 is 32.7 Å². The van der Waals surface area contributed by atoms with Crippen molar-refractivity contribution in [3.8, 4) is 0 Å². The van der Waals surface area contributed by atoms with Gasteiger partial charge in [0.15, 0.2) is 0 Å². The molecule has 0 aliphatic heterocycles. The van der Waals surface area contributed by atoms with Crippen molar-refractivity contribution in [3.05, 3.63) is 57.8 Å². The van der Waals surface area contributed by atoms with Crippen molar-refractivity contribution in [1.82, 2.24) is 15.0 Å². The first kappa shape index (κ1) is 17.6. The van der Waals surface area contributed by atoms with Crippen molar-refractivity contribution in [1.29, 1.82) is 0 Å². The van der Waals surface area contributed by atoms with Crippen LogP contribution in [0.5, 0.6) is 0 Å². The zero-order valence-corrected chi connectivity index (χ0v) is 15.0. The summed E-state index contributed by atoms with van der Waals surface area (Å²) >= 11 is 3.33. The number of alkyl halides is 2. The standard InChI is InChI=1S/C17H14BrF3N4/c1-8(10-4-3-5-11(14(10)19)16(20)21)25-17-12-6-13(18)24-9(2)15(12)22-7-23-17/h3-8,16H,1-2H3,(H,22,23,25)/t8-/m1/s1. The number of anilines is 1. The molecule has 0 saturated carbocycles. The molecule has 4 nitrogen and oxygen atoms in total. The molecule has 0 bridgehead atoms. The Hall–Kier alpha value is -2.22. The second-order valence-electron chi connectivity index (χ2n) is 5.57. The predicted octanol–water partition coefficient (Wildman–Crippen LogP) is 5.35. The van der Waals surface area contributed by atoms with Crippen molar-refractivity contribution in [2.24, 2.45) is 0 Å². The van der Waals surface area contributed by atoms with E-state index < -0.39 is 23.8 Å². The Balaban J connectivity index is 2.01. The number of hydrogen-bond donors (Lipinski definition) is 1. The first-order valence-electron chi connectivity index (χ1n) is 7.49. The molecule has 3 rings (SSSR count). The highest BCUT2D eigenvalue weighted by Gasteiger charge is 2.20. The van der Waals surface area contributed by atoms with Crippen molar-refractivity contribution in [3.63, 3.8) is 0 Å². The Bertz CT molecular complexity index is 933. The Morgan fingerprint density at radius 1 is 1.16 bits per heavy atom. The minimum Gasteiger partial charge on any atom is -0.363 e. The lowest BCUT2D eigenvalue weighted by Crippen LogP contribution is -2.12. The summed E-state index contributed by atoms with van der Waals surface area (Å²) in [7, 11) is 0. The maximum Gasteiger partial charge on any atom is 0.266 e. The third-order valence-electron chi connectivity index (χ3n) is 3.88. The third kappa shape index (κ3) is 3.44. The molecule has 1 N–H and O–H groups in total. The van der Waals surface area contributed by atoms with E-state index in [4.69, 9.17) is 0 Å². The molecule has 0 radical (unpaired) electrons. The van der Waals surface area contributed by atoms with Crippen molar-refractivity contribution in [2.45, 2.75) is 26.3 Å². The summed E-state index contributed by atoms with van der Waals surface area (Å²) < 4.78 is 40.8. The van der Waals surface area contributed by atoms with Crippen LogP contribution in [0.25, 0.3) is 10.9 Å². The molecule has 1 aromatic carbocycles. The molecule has 3 aromatic rings. The van der Waals surface area contributed by atoms with Crippen LogP contribution in [-0.2, 0) is 0 Å². The number of aromatic nitrogens is 3. The number of hydrogen-bond acceptors (Lipinski definition) is 4. The number of aryl methyl sites for hydroxylation is 1. The number of halogens is 4. The second kappa shape index (κ2) is 6.95. The van der Waals surface area contributed by atoms with Crippen LogP contribution in [0.1, 0.15) is 36.2 Å². The highest BCUT2D eigenvalue weighted by Crippen LogP contribution is 2.30. The zero-order chi connectivity index (χ0) is 18.1. The monoisotopic (exact) mass is 410 g/mol. The van der Waals surface area contributed by atoms with E-state index in [1.54, 1.807) is 13.0 Å². The molecule has 0 unspecified atom stereocenters. The van der Waals surface area contributed by atoms with Gasteiger partial charge in [-0.1, -0.05) is 18.2 Å². The van der Waals surface area contributed by atoms with Gasteiger partial charge in [-0.3, -0.25) is 0 Å². The molecule has 0 amide bonds. The largest absolute Gasteiger partial charge is 0.363 e. The average molecular weight is 411 g/mol. The number of nitrogens with one attached hydrogen (secondary N) is 1. The van der Waals surface area contributed by atoms with Gasteiger partial charge in [0.05, 0.1) is 22.8 Å². The van der Waals surface area contributed by atoms with Crippen molar-refractivity contribution in [2.75, 3.05) is 5.32 Å². The summed E-state index contributed by atoms with van der Waals surface area (Å²) in [6, 6.07) is 5.17. The fourth-order valence-electron chi connectivity index (χ4n) is 2.65.